The lowest BCUT2D eigenvalue weighted by Gasteiger charge is -2.11. The van der Waals surface area contributed by atoms with Crippen molar-refractivity contribution < 1.29 is 4.74 Å². The predicted molar refractivity (Wildman–Crippen MR) is 68.3 cm³/mol. The Morgan fingerprint density at radius 3 is 2.76 bits per heavy atom. The number of nitrogens with zero attached hydrogens (tertiary/aromatic N) is 2. The third-order valence-electron chi connectivity index (χ3n) is 2.52. The molecule has 0 fully saturated rings. The highest BCUT2D eigenvalue weighted by Gasteiger charge is 2.17. The average Bonchev–Trinajstić information content (AvgIpc) is 2.86. The standard InChI is InChI=1S/C12H15N3OS/c1-3-8-4-5-9(17-8)10(13)11-12(16-2)15-7-6-14-11/h4-7,10H,3,13H2,1-2H3. The Hall–Kier alpha value is -1.46. The van der Waals surface area contributed by atoms with Crippen LogP contribution in [0.4, 0.5) is 0 Å². The number of hydrogen-bond donors (Lipinski definition) is 1. The van der Waals surface area contributed by atoms with E-state index in [0.717, 1.165) is 11.3 Å². The molecule has 0 radical (unpaired) electrons. The highest BCUT2D eigenvalue weighted by Crippen LogP contribution is 2.29. The van der Waals surface area contributed by atoms with Gasteiger partial charge in [-0.3, -0.25) is 4.98 Å². The lowest BCUT2D eigenvalue weighted by Crippen LogP contribution is -2.14. The van der Waals surface area contributed by atoms with E-state index in [-0.39, 0.29) is 6.04 Å². The number of nitrogens with two attached hydrogens (primary N) is 1. The summed E-state index contributed by atoms with van der Waals surface area (Å²) in [5.41, 5.74) is 6.87. The van der Waals surface area contributed by atoms with Gasteiger partial charge in [0.05, 0.1) is 13.2 Å². The quantitative estimate of drug-likeness (QED) is 0.902. The molecule has 0 saturated carbocycles. The molecule has 0 amide bonds. The Morgan fingerprint density at radius 1 is 1.35 bits per heavy atom. The van der Waals surface area contributed by atoms with Gasteiger partial charge in [0.15, 0.2) is 0 Å². The molecule has 4 nitrogen and oxygen atoms in total. The first kappa shape index (κ1) is 12.0. The first-order valence-electron chi connectivity index (χ1n) is 5.45. The van der Waals surface area contributed by atoms with Crippen molar-refractivity contribution in [2.24, 2.45) is 5.73 Å². The van der Waals surface area contributed by atoms with E-state index in [1.54, 1.807) is 30.8 Å². The Balaban J connectivity index is 2.32. The minimum absolute atomic E-state index is 0.274. The molecule has 2 N–H and O–H groups in total. The van der Waals surface area contributed by atoms with E-state index in [2.05, 4.69) is 23.0 Å². The Morgan fingerprint density at radius 2 is 2.12 bits per heavy atom. The third kappa shape index (κ3) is 2.45. The second kappa shape index (κ2) is 5.25. The van der Waals surface area contributed by atoms with Crippen LogP contribution >= 0.6 is 11.3 Å². The van der Waals surface area contributed by atoms with E-state index in [0.29, 0.717) is 11.6 Å². The monoisotopic (exact) mass is 249 g/mol. The third-order valence-corrected chi connectivity index (χ3v) is 3.83. The van der Waals surface area contributed by atoms with E-state index in [4.69, 9.17) is 10.5 Å². The zero-order chi connectivity index (χ0) is 12.3. The van der Waals surface area contributed by atoms with Gasteiger partial charge in [0.1, 0.15) is 5.69 Å². The molecule has 1 atom stereocenters. The lowest BCUT2D eigenvalue weighted by molar-refractivity contribution is 0.387. The summed E-state index contributed by atoms with van der Waals surface area (Å²) in [4.78, 5) is 10.8. The van der Waals surface area contributed by atoms with Gasteiger partial charge in [-0.15, -0.1) is 11.3 Å². The molecule has 0 aliphatic heterocycles. The molecule has 2 rings (SSSR count). The van der Waals surface area contributed by atoms with Gasteiger partial charge in [-0.05, 0) is 18.6 Å². The summed E-state index contributed by atoms with van der Waals surface area (Å²) < 4.78 is 5.17. The van der Waals surface area contributed by atoms with Crippen molar-refractivity contribution >= 4 is 11.3 Å². The van der Waals surface area contributed by atoms with Gasteiger partial charge in [-0.25, -0.2) is 4.98 Å². The molecule has 5 heteroatoms. The molecule has 2 aromatic rings. The summed E-state index contributed by atoms with van der Waals surface area (Å²) in [5, 5.41) is 0. The summed E-state index contributed by atoms with van der Waals surface area (Å²) in [6, 6.07) is 3.87. The van der Waals surface area contributed by atoms with Crippen LogP contribution in [0.5, 0.6) is 5.88 Å². The molecule has 0 aliphatic carbocycles. The van der Waals surface area contributed by atoms with Crippen LogP contribution in [0.2, 0.25) is 0 Å². The molecule has 0 bridgehead atoms. The number of hydrogen-bond acceptors (Lipinski definition) is 5. The minimum Gasteiger partial charge on any atom is -0.480 e. The number of aryl methyl sites for hydroxylation is 1. The van der Waals surface area contributed by atoms with E-state index in [1.807, 2.05) is 6.07 Å². The summed E-state index contributed by atoms with van der Waals surface area (Å²) in [5.74, 6) is 0.492. The van der Waals surface area contributed by atoms with Crippen molar-refractivity contribution in [1.82, 2.24) is 9.97 Å². The topological polar surface area (TPSA) is 61.0 Å². The number of rotatable bonds is 4. The van der Waals surface area contributed by atoms with Crippen molar-refractivity contribution in [3.05, 3.63) is 40.0 Å². The summed E-state index contributed by atoms with van der Waals surface area (Å²) in [6.07, 6.45) is 4.25. The summed E-state index contributed by atoms with van der Waals surface area (Å²) >= 11 is 1.71. The highest BCUT2D eigenvalue weighted by molar-refractivity contribution is 7.12. The van der Waals surface area contributed by atoms with E-state index in [9.17, 15) is 0 Å². The van der Waals surface area contributed by atoms with E-state index >= 15 is 0 Å². The molecule has 0 aromatic carbocycles. The van der Waals surface area contributed by atoms with Gasteiger partial charge in [-0.1, -0.05) is 6.92 Å². The van der Waals surface area contributed by atoms with Gasteiger partial charge in [-0.2, -0.15) is 0 Å². The van der Waals surface area contributed by atoms with Crippen LogP contribution in [-0.2, 0) is 6.42 Å². The zero-order valence-electron chi connectivity index (χ0n) is 9.88. The molecule has 17 heavy (non-hydrogen) atoms. The van der Waals surface area contributed by atoms with E-state index in [1.165, 1.54) is 4.88 Å². The number of aromatic nitrogens is 2. The Kier molecular flexibility index (Phi) is 3.71. The van der Waals surface area contributed by atoms with Crippen LogP contribution in [0, 0.1) is 0 Å². The fourth-order valence-corrected chi connectivity index (χ4v) is 2.55. The van der Waals surface area contributed by atoms with Crippen molar-refractivity contribution in [1.29, 1.82) is 0 Å². The summed E-state index contributed by atoms with van der Waals surface area (Å²) in [6.45, 7) is 2.13. The second-order valence-electron chi connectivity index (χ2n) is 3.59. The predicted octanol–water partition coefficient (Wildman–Crippen LogP) is 2.16. The van der Waals surface area contributed by atoms with Gasteiger partial charge < -0.3 is 10.5 Å². The summed E-state index contributed by atoms with van der Waals surface area (Å²) in [7, 11) is 1.58. The van der Waals surface area contributed by atoms with Crippen LogP contribution in [0.3, 0.4) is 0 Å². The molecule has 0 spiro atoms. The second-order valence-corrected chi connectivity index (χ2v) is 4.79. The maximum absolute atomic E-state index is 6.19. The van der Waals surface area contributed by atoms with E-state index < -0.39 is 0 Å². The first-order chi connectivity index (χ1) is 8.26. The molecule has 2 aromatic heterocycles. The number of methoxy groups -OCH3 is 1. The molecular formula is C12H15N3OS. The maximum atomic E-state index is 6.19. The van der Waals surface area contributed by atoms with Crippen LogP contribution in [0.1, 0.15) is 28.4 Å². The number of thiophene rings is 1. The molecule has 2 heterocycles. The average molecular weight is 249 g/mol. The largest absolute Gasteiger partial charge is 0.480 e. The van der Waals surface area contributed by atoms with Gasteiger partial charge in [0.2, 0.25) is 5.88 Å². The highest BCUT2D eigenvalue weighted by atomic mass is 32.1. The van der Waals surface area contributed by atoms with Crippen molar-refractivity contribution in [2.75, 3.05) is 7.11 Å². The van der Waals surface area contributed by atoms with Crippen LogP contribution in [0.15, 0.2) is 24.5 Å². The lowest BCUT2D eigenvalue weighted by atomic mass is 10.2. The van der Waals surface area contributed by atoms with Crippen molar-refractivity contribution in [2.45, 2.75) is 19.4 Å². The van der Waals surface area contributed by atoms with Crippen LogP contribution < -0.4 is 10.5 Å². The molecular weight excluding hydrogens is 234 g/mol. The van der Waals surface area contributed by atoms with Gasteiger partial charge in [0.25, 0.3) is 0 Å². The van der Waals surface area contributed by atoms with Crippen LogP contribution in [0.25, 0.3) is 0 Å². The Bertz CT molecular complexity index is 498. The normalized spacial score (nSPS) is 12.4. The molecule has 90 valence electrons. The Labute approximate surface area is 104 Å². The zero-order valence-corrected chi connectivity index (χ0v) is 10.7. The minimum atomic E-state index is -0.274. The maximum Gasteiger partial charge on any atom is 0.237 e. The first-order valence-corrected chi connectivity index (χ1v) is 6.27. The van der Waals surface area contributed by atoms with Gasteiger partial charge >= 0.3 is 0 Å². The fourth-order valence-electron chi connectivity index (χ4n) is 1.59. The fraction of sp³-hybridized carbons (Fsp3) is 0.333. The smallest absolute Gasteiger partial charge is 0.237 e. The van der Waals surface area contributed by atoms with Crippen molar-refractivity contribution in [3.8, 4) is 5.88 Å². The molecule has 0 aliphatic rings. The SMILES string of the molecule is CCc1ccc(C(N)c2nccnc2OC)s1. The number of ether oxygens (including phenoxy) is 1. The van der Waals surface area contributed by atoms with Crippen LogP contribution in [-0.4, -0.2) is 17.1 Å². The molecule has 1 unspecified atom stereocenters. The van der Waals surface area contributed by atoms with Crippen molar-refractivity contribution in [3.63, 3.8) is 0 Å². The molecule has 0 saturated heterocycles. The van der Waals surface area contributed by atoms with Gasteiger partial charge in [0, 0.05) is 22.1 Å².